The average Bonchev–Trinajstić information content (AvgIpc) is 2.64. The molecule has 1 atom stereocenters. The summed E-state index contributed by atoms with van der Waals surface area (Å²) >= 11 is 3.29. The first-order chi connectivity index (χ1) is 9.45. The summed E-state index contributed by atoms with van der Waals surface area (Å²) in [5, 5.41) is 2.85. The van der Waals surface area contributed by atoms with Crippen LogP contribution in [0.4, 0.5) is 5.82 Å². The van der Waals surface area contributed by atoms with Gasteiger partial charge in [-0.25, -0.2) is 13.4 Å². The van der Waals surface area contributed by atoms with E-state index >= 15 is 0 Å². The number of hydrogen-bond donors (Lipinski definition) is 1. The minimum Gasteiger partial charge on any atom is -0.372 e. The van der Waals surface area contributed by atoms with Gasteiger partial charge in [0.2, 0.25) is 10.0 Å². The van der Waals surface area contributed by atoms with Crippen LogP contribution in [0, 0.1) is 5.92 Å². The van der Waals surface area contributed by atoms with Gasteiger partial charge in [-0.3, -0.25) is 0 Å². The molecular formula is C13H20BrN3O2S. The second-order valence-corrected chi connectivity index (χ2v) is 8.01. The lowest BCUT2D eigenvalue weighted by Gasteiger charge is -2.21. The fraction of sp³-hybridized carbons (Fsp3) is 0.615. The molecule has 1 aromatic rings. The SMILES string of the molecule is CNc1ncc(Br)cc1S(=O)(=O)N1CCCC(C)CC1. The van der Waals surface area contributed by atoms with Crippen molar-refractivity contribution in [2.75, 3.05) is 25.5 Å². The van der Waals surface area contributed by atoms with E-state index in [1.54, 1.807) is 23.6 Å². The highest BCUT2D eigenvalue weighted by molar-refractivity contribution is 9.10. The first-order valence-corrected chi connectivity index (χ1v) is 9.02. The Morgan fingerprint density at radius 1 is 1.40 bits per heavy atom. The number of hydrogen-bond acceptors (Lipinski definition) is 4. The summed E-state index contributed by atoms with van der Waals surface area (Å²) in [6.07, 6.45) is 4.50. The lowest BCUT2D eigenvalue weighted by atomic mass is 10.0. The van der Waals surface area contributed by atoms with Crippen molar-refractivity contribution >= 4 is 31.8 Å². The lowest BCUT2D eigenvalue weighted by molar-refractivity contribution is 0.417. The van der Waals surface area contributed by atoms with Gasteiger partial charge in [0.1, 0.15) is 10.7 Å². The summed E-state index contributed by atoms with van der Waals surface area (Å²) in [6, 6.07) is 1.61. The van der Waals surface area contributed by atoms with E-state index in [0.717, 1.165) is 19.3 Å². The molecular weight excluding hydrogens is 342 g/mol. The average molecular weight is 362 g/mol. The fourth-order valence-corrected chi connectivity index (χ4v) is 4.57. The molecule has 0 aromatic carbocycles. The van der Waals surface area contributed by atoms with Gasteiger partial charge in [0.15, 0.2) is 0 Å². The van der Waals surface area contributed by atoms with E-state index in [1.807, 2.05) is 0 Å². The molecule has 0 amide bonds. The third-order valence-electron chi connectivity index (χ3n) is 3.65. The lowest BCUT2D eigenvalue weighted by Crippen LogP contribution is -2.32. The number of pyridine rings is 1. The van der Waals surface area contributed by atoms with Crippen molar-refractivity contribution in [3.05, 3.63) is 16.7 Å². The van der Waals surface area contributed by atoms with Crippen molar-refractivity contribution < 1.29 is 8.42 Å². The van der Waals surface area contributed by atoms with E-state index < -0.39 is 10.0 Å². The van der Waals surface area contributed by atoms with Gasteiger partial charge in [0.05, 0.1) is 0 Å². The molecule has 1 aromatic heterocycles. The number of nitrogens with zero attached hydrogens (tertiary/aromatic N) is 2. The van der Waals surface area contributed by atoms with Crippen molar-refractivity contribution in [3.63, 3.8) is 0 Å². The standard InChI is InChI=1S/C13H20BrN3O2S/c1-10-4-3-6-17(7-5-10)20(18,19)12-8-11(14)9-16-13(12)15-2/h8-10H,3-7H2,1-2H3,(H,15,16). The molecule has 0 saturated carbocycles. The second-order valence-electron chi connectivity index (χ2n) is 5.19. The van der Waals surface area contributed by atoms with Crippen molar-refractivity contribution in [2.24, 2.45) is 5.92 Å². The third kappa shape index (κ3) is 3.32. The number of aromatic nitrogens is 1. The van der Waals surface area contributed by atoms with Crippen LogP contribution in [0.25, 0.3) is 0 Å². The van der Waals surface area contributed by atoms with E-state index in [4.69, 9.17) is 0 Å². The van der Waals surface area contributed by atoms with Gasteiger partial charge in [-0.1, -0.05) is 6.92 Å². The maximum atomic E-state index is 12.8. The van der Waals surface area contributed by atoms with E-state index in [0.29, 0.717) is 29.3 Å². The van der Waals surface area contributed by atoms with Gasteiger partial charge in [-0.05, 0) is 47.2 Å². The van der Waals surface area contributed by atoms with Crippen molar-refractivity contribution in [1.29, 1.82) is 0 Å². The Morgan fingerprint density at radius 3 is 2.85 bits per heavy atom. The zero-order valence-electron chi connectivity index (χ0n) is 11.8. The maximum absolute atomic E-state index is 12.8. The van der Waals surface area contributed by atoms with Crippen LogP contribution in [0.2, 0.25) is 0 Å². The zero-order chi connectivity index (χ0) is 14.8. The molecule has 1 unspecified atom stereocenters. The molecule has 7 heteroatoms. The summed E-state index contributed by atoms with van der Waals surface area (Å²) in [6.45, 7) is 3.34. The highest BCUT2D eigenvalue weighted by Gasteiger charge is 2.29. The summed E-state index contributed by atoms with van der Waals surface area (Å²) in [4.78, 5) is 4.37. The summed E-state index contributed by atoms with van der Waals surface area (Å²) in [5.74, 6) is 0.977. The van der Waals surface area contributed by atoms with Crippen LogP contribution in [-0.4, -0.2) is 37.8 Å². The van der Waals surface area contributed by atoms with Gasteiger partial charge in [0, 0.05) is 30.8 Å². The normalized spacial score (nSPS) is 21.4. The molecule has 2 heterocycles. The molecule has 0 aliphatic carbocycles. The summed E-state index contributed by atoms with van der Waals surface area (Å²) in [7, 11) is -1.82. The first kappa shape index (κ1) is 15.7. The van der Waals surface area contributed by atoms with Crippen molar-refractivity contribution in [1.82, 2.24) is 9.29 Å². The van der Waals surface area contributed by atoms with E-state index in [2.05, 4.69) is 33.2 Å². The Kier molecular flexibility index (Phi) is 5.04. The van der Waals surface area contributed by atoms with Crippen LogP contribution >= 0.6 is 15.9 Å². The van der Waals surface area contributed by atoms with E-state index in [-0.39, 0.29) is 4.90 Å². The number of halogens is 1. The van der Waals surface area contributed by atoms with Crippen LogP contribution in [0.5, 0.6) is 0 Å². The van der Waals surface area contributed by atoms with Crippen LogP contribution in [0.15, 0.2) is 21.6 Å². The molecule has 20 heavy (non-hydrogen) atoms. The highest BCUT2D eigenvalue weighted by Crippen LogP contribution is 2.28. The molecule has 2 rings (SSSR count). The topological polar surface area (TPSA) is 62.3 Å². The number of anilines is 1. The molecule has 0 spiro atoms. The largest absolute Gasteiger partial charge is 0.372 e. The predicted molar refractivity (Wildman–Crippen MR) is 83.3 cm³/mol. The minimum atomic E-state index is -3.50. The molecule has 1 saturated heterocycles. The second kappa shape index (κ2) is 6.41. The molecule has 0 bridgehead atoms. The molecule has 1 N–H and O–H groups in total. The summed E-state index contributed by atoms with van der Waals surface area (Å²) < 4.78 is 27.9. The predicted octanol–water partition coefficient (Wildman–Crippen LogP) is 2.70. The smallest absolute Gasteiger partial charge is 0.246 e. The van der Waals surface area contributed by atoms with Gasteiger partial charge in [-0.2, -0.15) is 4.31 Å². The monoisotopic (exact) mass is 361 g/mol. The van der Waals surface area contributed by atoms with Gasteiger partial charge >= 0.3 is 0 Å². The Labute approximate surface area is 129 Å². The molecule has 1 fully saturated rings. The molecule has 1 aliphatic heterocycles. The van der Waals surface area contributed by atoms with E-state index in [9.17, 15) is 8.42 Å². The van der Waals surface area contributed by atoms with E-state index in [1.165, 1.54) is 0 Å². The Morgan fingerprint density at radius 2 is 2.15 bits per heavy atom. The maximum Gasteiger partial charge on any atom is 0.246 e. The molecule has 5 nitrogen and oxygen atoms in total. The zero-order valence-corrected chi connectivity index (χ0v) is 14.2. The molecule has 0 radical (unpaired) electrons. The van der Waals surface area contributed by atoms with Crippen molar-refractivity contribution in [2.45, 2.75) is 31.1 Å². The first-order valence-electron chi connectivity index (χ1n) is 6.78. The Hall–Kier alpha value is -0.660. The highest BCUT2D eigenvalue weighted by atomic mass is 79.9. The number of nitrogens with one attached hydrogen (secondary N) is 1. The van der Waals surface area contributed by atoms with Gasteiger partial charge < -0.3 is 5.32 Å². The van der Waals surface area contributed by atoms with Gasteiger partial charge in [0.25, 0.3) is 0 Å². The quantitative estimate of drug-likeness (QED) is 0.898. The molecule has 112 valence electrons. The summed E-state index contributed by atoms with van der Waals surface area (Å²) in [5.41, 5.74) is 0. The number of rotatable bonds is 3. The minimum absolute atomic E-state index is 0.240. The van der Waals surface area contributed by atoms with Crippen LogP contribution < -0.4 is 5.32 Å². The Balaban J connectivity index is 2.36. The van der Waals surface area contributed by atoms with Crippen LogP contribution in [0.1, 0.15) is 26.2 Å². The fourth-order valence-electron chi connectivity index (χ4n) is 2.42. The van der Waals surface area contributed by atoms with Crippen molar-refractivity contribution in [3.8, 4) is 0 Å². The van der Waals surface area contributed by atoms with Crippen LogP contribution in [0.3, 0.4) is 0 Å². The Bertz CT molecular complexity index is 577. The van der Waals surface area contributed by atoms with Crippen LogP contribution in [-0.2, 0) is 10.0 Å². The third-order valence-corrected chi connectivity index (χ3v) is 6.00. The molecule has 1 aliphatic rings. The van der Waals surface area contributed by atoms with Gasteiger partial charge in [-0.15, -0.1) is 0 Å². The number of sulfonamides is 1.